The Hall–Kier alpha value is -2.27. The van der Waals surface area contributed by atoms with Crippen molar-refractivity contribution in [1.29, 1.82) is 0 Å². The number of nitrogens with one attached hydrogen (secondary N) is 1. The topological polar surface area (TPSA) is 110 Å². The van der Waals surface area contributed by atoms with Crippen LogP contribution in [0.5, 0.6) is 0 Å². The molecule has 0 bridgehead atoms. The van der Waals surface area contributed by atoms with Crippen LogP contribution in [0, 0.1) is 0 Å². The summed E-state index contributed by atoms with van der Waals surface area (Å²) >= 11 is 0. The van der Waals surface area contributed by atoms with E-state index in [1.807, 2.05) is 0 Å². The molecule has 2 aromatic rings. The number of morpholine rings is 1. The summed E-state index contributed by atoms with van der Waals surface area (Å²) in [4.78, 5) is 11.6. The van der Waals surface area contributed by atoms with Gasteiger partial charge < -0.3 is 4.74 Å². The van der Waals surface area contributed by atoms with Gasteiger partial charge in [0.1, 0.15) is 0 Å². The summed E-state index contributed by atoms with van der Waals surface area (Å²) in [6.07, 6.45) is 0. The predicted molar refractivity (Wildman–Crippen MR) is 103 cm³/mol. The van der Waals surface area contributed by atoms with Crippen LogP contribution in [0.2, 0.25) is 0 Å². The van der Waals surface area contributed by atoms with Crippen LogP contribution in [0.25, 0.3) is 0 Å². The molecule has 1 N–H and O–H groups in total. The highest BCUT2D eigenvalue weighted by atomic mass is 32.2. The molecule has 150 valence electrons. The molecule has 0 radical (unpaired) electrons. The molecule has 10 heteroatoms. The van der Waals surface area contributed by atoms with Gasteiger partial charge in [-0.1, -0.05) is 12.1 Å². The second kappa shape index (κ2) is 8.00. The van der Waals surface area contributed by atoms with Gasteiger partial charge in [-0.2, -0.15) is 4.31 Å². The molecule has 0 aromatic heterocycles. The molecule has 1 aliphatic heterocycles. The SMILES string of the molecule is CC(=O)c1ccccc1NS(=O)(=O)c1ccc(S(=O)(=O)N2CCOCC2)cc1. The molecule has 3 rings (SSSR count). The van der Waals surface area contributed by atoms with Gasteiger partial charge in [0.2, 0.25) is 10.0 Å². The van der Waals surface area contributed by atoms with E-state index in [0.717, 1.165) is 0 Å². The van der Waals surface area contributed by atoms with E-state index in [-0.39, 0.29) is 39.9 Å². The number of carbonyl (C=O) groups excluding carboxylic acids is 1. The minimum Gasteiger partial charge on any atom is -0.379 e. The predicted octanol–water partition coefficient (Wildman–Crippen LogP) is 1.71. The molecule has 0 spiro atoms. The fourth-order valence-electron chi connectivity index (χ4n) is 2.81. The third-order valence-corrected chi connectivity index (χ3v) is 7.59. The van der Waals surface area contributed by atoms with Gasteiger partial charge in [-0.25, -0.2) is 16.8 Å². The van der Waals surface area contributed by atoms with Crippen LogP contribution in [0.4, 0.5) is 5.69 Å². The van der Waals surface area contributed by atoms with E-state index < -0.39 is 20.0 Å². The highest BCUT2D eigenvalue weighted by Gasteiger charge is 2.27. The van der Waals surface area contributed by atoms with Crippen LogP contribution in [0.1, 0.15) is 17.3 Å². The van der Waals surface area contributed by atoms with Crippen molar-refractivity contribution in [3.8, 4) is 0 Å². The summed E-state index contributed by atoms with van der Waals surface area (Å²) in [5.74, 6) is -0.273. The summed E-state index contributed by atoms with van der Waals surface area (Å²) in [5, 5.41) is 0. The summed E-state index contributed by atoms with van der Waals surface area (Å²) in [7, 11) is -7.69. The summed E-state index contributed by atoms with van der Waals surface area (Å²) in [6, 6.07) is 11.2. The highest BCUT2D eigenvalue weighted by molar-refractivity contribution is 7.92. The molecule has 0 amide bonds. The highest BCUT2D eigenvalue weighted by Crippen LogP contribution is 2.23. The Morgan fingerprint density at radius 2 is 1.50 bits per heavy atom. The number of rotatable bonds is 6. The van der Waals surface area contributed by atoms with Gasteiger partial charge in [0, 0.05) is 18.7 Å². The number of nitrogens with zero attached hydrogens (tertiary/aromatic N) is 1. The third-order valence-electron chi connectivity index (χ3n) is 4.29. The second-order valence-electron chi connectivity index (χ2n) is 6.20. The molecule has 0 unspecified atom stereocenters. The minimum atomic E-state index is -3.99. The van der Waals surface area contributed by atoms with Crippen molar-refractivity contribution in [1.82, 2.24) is 4.31 Å². The van der Waals surface area contributed by atoms with Gasteiger partial charge in [-0.05, 0) is 43.3 Å². The Morgan fingerprint density at radius 3 is 2.11 bits per heavy atom. The van der Waals surface area contributed by atoms with E-state index in [9.17, 15) is 21.6 Å². The van der Waals surface area contributed by atoms with Crippen molar-refractivity contribution < 1.29 is 26.4 Å². The number of benzene rings is 2. The molecule has 0 atom stereocenters. The van der Waals surface area contributed by atoms with E-state index in [1.165, 1.54) is 47.6 Å². The van der Waals surface area contributed by atoms with Crippen LogP contribution in [0.3, 0.4) is 0 Å². The smallest absolute Gasteiger partial charge is 0.261 e. The van der Waals surface area contributed by atoms with Gasteiger partial charge in [0.15, 0.2) is 5.78 Å². The standard InChI is InChI=1S/C18H20N2O6S2/c1-14(21)17-4-2-3-5-18(17)19-27(22,23)15-6-8-16(9-7-15)28(24,25)20-10-12-26-13-11-20/h2-9,19H,10-13H2,1H3. The zero-order chi connectivity index (χ0) is 20.4. The third kappa shape index (κ3) is 4.25. The number of para-hydroxylation sites is 1. The quantitative estimate of drug-likeness (QED) is 0.707. The van der Waals surface area contributed by atoms with Crippen molar-refractivity contribution >= 4 is 31.5 Å². The van der Waals surface area contributed by atoms with E-state index in [0.29, 0.717) is 13.2 Å². The van der Waals surface area contributed by atoms with Crippen molar-refractivity contribution in [2.45, 2.75) is 16.7 Å². The van der Waals surface area contributed by atoms with Gasteiger partial charge in [0.05, 0.1) is 28.7 Å². The molecule has 28 heavy (non-hydrogen) atoms. The number of anilines is 1. The first-order valence-electron chi connectivity index (χ1n) is 8.52. The van der Waals surface area contributed by atoms with Crippen LogP contribution in [-0.2, 0) is 24.8 Å². The zero-order valence-electron chi connectivity index (χ0n) is 15.2. The molecule has 1 fully saturated rings. The molecule has 1 heterocycles. The first kappa shape index (κ1) is 20.5. The largest absolute Gasteiger partial charge is 0.379 e. The van der Waals surface area contributed by atoms with E-state index >= 15 is 0 Å². The Balaban J connectivity index is 1.85. The first-order chi connectivity index (χ1) is 13.2. The average molecular weight is 425 g/mol. The van der Waals surface area contributed by atoms with Gasteiger partial charge in [-0.15, -0.1) is 0 Å². The Kier molecular flexibility index (Phi) is 5.84. The number of Topliss-reactive ketones (excluding diaryl/α,β-unsaturated/α-hetero) is 1. The van der Waals surface area contributed by atoms with Crippen LogP contribution in [0.15, 0.2) is 58.3 Å². The number of ketones is 1. The number of sulfonamides is 2. The van der Waals surface area contributed by atoms with Crippen LogP contribution in [-0.4, -0.2) is 53.2 Å². The van der Waals surface area contributed by atoms with Crippen molar-refractivity contribution in [3.63, 3.8) is 0 Å². The van der Waals surface area contributed by atoms with Crippen LogP contribution < -0.4 is 4.72 Å². The molecule has 2 aromatic carbocycles. The Bertz CT molecular complexity index is 1070. The molecule has 0 aliphatic carbocycles. The average Bonchev–Trinajstić information content (AvgIpc) is 2.69. The maximum Gasteiger partial charge on any atom is 0.261 e. The van der Waals surface area contributed by atoms with Gasteiger partial charge in [0.25, 0.3) is 10.0 Å². The van der Waals surface area contributed by atoms with E-state index in [2.05, 4.69) is 4.72 Å². The summed E-state index contributed by atoms with van der Waals surface area (Å²) in [5.41, 5.74) is 0.414. The Labute approximate surface area is 164 Å². The van der Waals surface area contributed by atoms with Gasteiger partial charge >= 0.3 is 0 Å². The lowest BCUT2D eigenvalue weighted by Crippen LogP contribution is -2.40. The lowest BCUT2D eigenvalue weighted by molar-refractivity contribution is 0.0730. The van der Waals surface area contributed by atoms with Crippen LogP contribution >= 0.6 is 0 Å². The minimum absolute atomic E-state index is 0.0116. The molecule has 1 saturated heterocycles. The zero-order valence-corrected chi connectivity index (χ0v) is 16.8. The molecular formula is C18H20N2O6S2. The first-order valence-corrected chi connectivity index (χ1v) is 11.4. The van der Waals surface area contributed by atoms with Gasteiger partial charge in [-0.3, -0.25) is 9.52 Å². The monoisotopic (exact) mass is 424 g/mol. The molecular weight excluding hydrogens is 404 g/mol. The maximum atomic E-state index is 12.6. The fraction of sp³-hybridized carbons (Fsp3) is 0.278. The summed E-state index contributed by atoms with van der Waals surface area (Å²) < 4.78 is 59.4. The molecule has 1 aliphatic rings. The van der Waals surface area contributed by atoms with E-state index in [1.54, 1.807) is 12.1 Å². The molecule has 8 nitrogen and oxygen atoms in total. The summed E-state index contributed by atoms with van der Waals surface area (Å²) in [6.45, 7) is 2.51. The number of hydrogen-bond donors (Lipinski definition) is 1. The number of ether oxygens (including phenoxy) is 1. The lowest BCUT2D eigenvalue weighted by atomic mass is 10.1. The number of carbonyl (C=O) groups is 1. The fourth-order valence-corrected chi connectivity index (χ4v) is 5.30. The van der Waals surface area contributed by atoms with Crippen molar-refractivity contribution in [3.05, 3.63) is 54.1 Å². The van der Waals surface area contributed by atoms with Crippen molar-refractivity contribution in [2.24, 2.45) is 0 Å². The van der Waals surface area contributed by atoms with E-state index in [4.69, 9.17) is 4.74 Å². The normalized spacial score (nSPS) is 15.9. The lowest BCUT2D eigenvalue weighted by Gasteiger charge is -2.26. The van der Waals surface area contributed by atoms with Crippen molar-refractivity contribution in [2.75, 3.05) is 31.0 Å². The Morgan fingerprint density at radius 1 is 0.929 bits per heavy atom. The molecule has 0 saturated carbocycles. The number of hydrogen-bond acceptors (Lipinski definition) is 6. The maximum absolute atomic E-state index is 12.6. The second-order valence-corrected chi connectivity index (χ2v) is 9.82.